The summed E-state index contributed by atoms with van der Waals surface area (Å²) in [6, 6.07) is 56.3. The lowest BCUT2D eigenvalue weighted by Crippen LogP contribution is -2.19. The summed E-state index contributed by atoms with van der Waals surface area (Å²) in [5.74, 6) is 5.03. The van der Waals surface area contributed by atoms with Gasteiger partial charge in [0.15, 0.2) is 11.5 Å². The predicted molar refractivity (Wildman–Crippen MR) is 437 cm³/mol. The third-order valence-electron chi connectivity index (χ3n) is 16.5. The highest BCUT2D eigenvalue weighted by atomic mass is 16.5. The van der Waals surface area contributed by atoms with Gasteiger partial charge in [-0.3, -0.25) is 0 Å². The Bertz CT molecular complexity index is 5280. The van der Waals surface area contributed by atoms with Crippen molar-refractivity contribution in [3.05, 3.63) is 375 Å². The molecule has 5 aromatic heterocycles. The number of rotatable bonds is 16. The fourth-order valence-electron chi connectivity index (χ4n) is 10.7. The van der Waals surface area contributed by atoms with Crippen LogP contribution in [0.5, 0.6) is 23.0 Å². The van der Waals surface area contributed by atoms with Gasteiger partial charge in [-0.2, -0.15) is 0 Å². The van der Waals surface area contributed by atoms with Crippen LogP contribution in [0, 0.1) is 76.2 Å². The molecule has 6 aromatic carbocycles. The molecule has 6 heterocycles. The van der Waals surface area contributed by atoms with Crippen LogP contribution < -0.4 is 42.3 Å². The average molecular weight is 1470 g/mol. The topological polar surface area (TPSA) is 225 Å². The van der Waals surface area contributed by atoms with Gasteiger partial charge in [-0.05, 0) is 258 Å². The van der Waals surface area contributed by atoms with Crippen LogP contribution >= 0.6 is 0 Å². The Morgan fingerprint density at radius 3 is 1.23 bits per heavy atom. The Balaban J connectivity index is 0.000000182. The zero-order chi connectivity index (χ0) is 79.1. The van der Waals surface area contributed by atoms with Crippen molar-refractivity contribution in [2.45, 2.75) is 108 Å². The monoisotopic (exact) mass is 1470 g/mol. The Kier molecular flexibility index (Phi) is 32.0. The summed E-state index contributed by atoms with van der Waals surface area (Å²) in [4.78, 5) is 67.3. The quantitative estimate of drug-likeness (QED) is 0.0888. The van der Waals surface area contributed by atoms with E-state index in [4.69, 9.17) is 41.0 Å². The van der Waals surface area contributed by atoms with Crippen LogP contribution in [0.15, 0.2) is 246 Å². The first-order valence-corrected chi connectivity index (χ1v) is 35.3. The molecule has 0 radical (unpaired) electrons. The first-order chi connectivity index (χ1) is 52.0. The van der Waals surface area contributed by atoms with Gasteiger partial charge in [0.2, 0.25) is 0 Å². The van der Waals surface area contributed by atoms with Crippen molar-refractivity contribution in [1.29, 1.82) is 0 Å². The number of carbonyl (C=O) groups excluding carboxylic acids is 1. The van der Waals surface area contributed by atoms with E-state index in [0.29, 0.717) is 34.5 Å². The van der Waals surface area contributed by atoms with Crippen LogP contribution in [0.25, 0.3) is 54.7 Å². The number of cyclic esters (lactones) is 1. The molecular formula is C93H94O16. The zero-order valence-corrected chi connectivity index (χ0v) is 64.4. The molecule has 16 heteroatoms. The summed E-state index contributed by atoms with van der Waals surface area (Å²) in [5, 5.41) is 9.58. The fourth-order valence-corrected chi connectivity index (χ4v) is 10.7. The van der Waals surface area contributed by atoms with E-state index < -0.39 is 0 Å². The maximum Gasteiger partial charge on any atom is 0.336 e. The molecule has 0 aliphatic carbocycles. The highest BCUT2D eigenvalue weighted by Crippen LogP contribution is 2.29. The second kappa shape index (κ2) is 41.8. The highest BCUT2D eigenvalue weighted by molar-refractivity contribution is 5.84. The van der Waals surface area contributed by atoms with E-state index in [0.717, 1.165) is 103 Å². The van der Waals surface area contributed by atoms with Crippen LogP contribution in [0.2, 0.25) is 0 Å². The number of aryl methyl sites for hydroxylation is 13. The molecule has 11 aromatic rings. The molecule has 1 N–H and O–H groups in total. The standard InChI is InChI=1S/C16H16O4.C16H16O3.C16H16O2.C15H14O3.2C15H16O2/c1-11-8-13(20-16(17)9-11)6-4-12-5-7-14(18-2)15(10-12)19-3;1-11-4-5-13(15(9-11)18-3)6-7-14-8-12(2)10-16(17)19-14;1-11-8-15(18-16(17)9-11)7-6-14-5-4-12(2)13(3)10-14;1-10-7-13(18-15(17)8-10)6-5-12-4-3-11(2)14(16)9-12;2*1-11-3-5-13(6-4-11)7-8-14-9-12(2)10-15(16)17-14/h4-10H,1-3H3;4-10H,1-3H3;4-10H,1-3H3;3-9,16H,1-2H3;3-6,9-10H,7-8H2,1-2H3;3-8,10,14H,9H2,1-2H3/b6-4+;2*7-6+;6-5+;;8-7+. The van der Waals surface area contributed by atoms with Crippen molar-refractivity contribution < 1.29 is 50.9 Å². The minimum atomic E-state index is -0.360. The van der Waals surface area contributed by atoms with Crippen molar-refractivity contribution in [2.75, 3.05) is 21.3 Å². The lowest BCUT2D eigenvalue weighted by Gasteiger charge is -2.18. The summed E-state index contributed by atoms with van der Waals surface area (Å²) in [6.07, 6.45) is 22.3. The van der Waals surface area contributed by atoms with Gasteiger partial charge >= 0.3 is 34.1 Å². The van der Waals surface area contributed by atoms with Crippen LogP contribution in [-0.2, 0) is 22.4 Å². The predicted octanol–water partition coefficient (Wildman–Crippen LogP) is 19.8. The van der Waals surface area contributed by atoms with Crippen LogP contribution in [-0.4, -0.2) is 38.5 Å². The number of aromatic hydroxyl groups is 1. The van der Waals surface area contributed by atoms with Crippen molar-refractivity contribution in [3.63, 3.8) is 0 Å². The van der Waals surface area contributed by atoms with Crippen molar-refractivity contribution in [1.82, 2.24) is 0 Å². The molecule has 16 nitrogen and oxygen atoms in total. The minimum absolute atomic E-state index is 0.131. The molecule has 0 amide bonds. The van der Waals surface area contributed by atoms with Gasteiger partial charge in [-0.15, -0.1) is 0 Å². The van der Waals surface area contributed by atoms with E-state index in [1.165, 1.54) is 58.1 Å². The SMILES string of the molecule is CC1=CC(=O)OC(/C=C/c2ccc(C)cc2)C1.COc1cc(C)ccc1/C=C/c1cc(C)cc(=O)o1.COc1ccc(/C=C/c2cc(C)cc(=O)o2)cc1OC.Cc1cc(/C=C/c2ccc(C)c(C)c2)oc(=O)c1.Cc1cc(/C=C/c2ccc(C)c(O)c2)oc(=O)c1.Cc1ccc(CCc2cc(C)cc(=O)o2)cc1. The molecule has 109 heavy (non-hydrogen) atoms. The summed E-state index contributed by atoms with van der Waals surface area (Å²) in [6.45, 7) is 23.4. The third kappa shape index (κ3) is 29.6. The number of hydrogen-bond acceptors (Lipinski definition) is 16. The normalized spacial score (nSPS) is 12.3. The highest BCUT2D eigenvalue weighted by Gasteiger charge is 2.17. The lowest BCUT2D eigenvalue weighted by molar-refractivity contribution is -0.141. The summed E-state index contributed by atoms with van der Waals surface area (Å²) >= 11 is 0. The van der Waals surface area contributed by atoms with Crippen LogP contribution in [0.1, 0.15) is 137 Å². The van der Waals surface area contributed by atoms with E-state index >= 15 is 0 Å². The maximum atomic E-state index is 11.3. The molecule has 0 saturated heterocycles. The van der Waals surface area contributed by atoms with E-state index in [1.54, 1.807) is 69.9 Å². The first-order valence-electron chi connectivity index (χ1n) is 35.3. The van der Waals surface area contributed by atoms with Gasteiger partial charge in [0.05, 0.1) is 21.3 Å². The van der Waals surface area contributed by atoms with Crippen molar-refractivity contribution in [3.8, 4) is 23.0 Å². The van der Waals surface area contributed by atoms with E-state index in [-0.39, 0.29) is 46.0 Å². The molecule has 1 aliphatic heterocycles. The van der Waals surface area contributed by atoms with Gasteiger partial charge < -0.3 is 46.1 Å². The van der Waals surface area contributed by atoms with Gasteiger partial charge in [-0.1, -0.05) is 138 Å². The Hall–Kier alpha value is -12.8. The Labute approximate surface area is 636 Å². The molecule has 562 valence electrons. The largest absolute Gasteiger partial charge is 0.508 e. The molecule has 0 spiro atoms. The Morgan fingerprint density at radius 2 is 0.771 bits per heavy atom. The molecule has 0 bridgehead atoms. The molecular weight excluding hydrogens is 1370 g/mol. The van der Waals surface area contributed by atoms with Crippen LogP contribution in [0.4, 0.5) is 0 Å². The second-order valence-corrected chi connectivity index (χ2v) is 26.4. The van der Waals surface area contributed by atoms with Gasteiger partial charge in [0.1, 0.15) is 46.4 Å². The molecule has 0 saturated carbocycles. The number of benzene rings is 6. The molecule has 1 unspecified atom stereocenters. The summed E-state index contributed by atoms with van der Waals surface area (Å²) in [5.41, 5.74) is 17.1. The number of carbonyl (C=O) groups is 1. The molecule has 0 fully saturated rings. The average Bonchev–Trinajstić information content (AvgIpc) is 0.913. The smallest absolute Gasteiger partial charge is 0.336 e. The number of hydrogen-bond donors (Lipinski definition) is 1. The maximum absolute atomic E-state index is 11.3. The fraction of sp³-hybridized carbons (Fsp3) is 0.204. The Morgan fingerprint density at radius 1 is 0.349 bits per heavy atom. The molecule has 12 rings (SSSR count). The summed E-state index contributed by atoms with van der Waals surface area (Å²) in [7, 11) is 4.82. The lowest BCUT2D eigenvalue weighted by atomic mass is 10.1. The molecule has 1 atom stereocenters. The van der Waals surface area contributed by atoms with Crippen LogP contribution in [0.3, 0.4) is 0 Å². The van der Waals surface area contributed by atoms with Gasteiger partial charge in [0, 0.05) is 54.8 Å². The number of methoxy groups -OCH3 is 3. The molecule has 1 aliphatic rings. The van der Waals surface area contributed by atoms with Gasteiger partial charge in [0.25, 0.3) is 0 Å². The zero-order valence-electron chi connectivity index (χ0n) is 64.4. The van der Waals surface area contributed by atoms with Gasteiger partial charge in [-0.25, -0.2) is 28.8 Å². The number of phenols is 1. The number of esters is 1. The van der Waals surface area contributed by atoms with E-state index in [9.17, 15) is 33.9 Å². The third-order valence-corrected chi connectivity index (χ3v) is 16.5. The second-order valence-electron chi connectivity index (χ2n) is 26.4. The summed E-state index contributed by atoms with van der Waals surface area (Å²) < 4.78 is 46.4. The van der Waals surface area contributed by atoms with E-state index in [1.807, 2.05) is 165 Å². The minimum Gasteiger partial charge on any atom is -0.508 e. The first kappa shape index (κ1) is 83.5. The van der Waals surface area contributed by atoms with Crippen molar-refractivity contribution >= 4 is 60.7 Å². The van der Waals surface area contributed by atoms with E-state index in [2.05, 4.69) is 88.4 Å². The number of phenolic OH excluding ortho intramolecular Hbond substituents is 1. The van der Waals surface area contributed by atoms with Crippen molar-refractivity contribution in [2.24, 2.45) is 0 Å². The number of ether oxygens (including phenoxy) is 4.